The zero-order valence-electron chi connectivity index (χ0n) is 12.1. The summed E-state index contributed by atoms with van der Waals surface area (Å²) in [7, 11) is 1.31. The van der Waals surface area contributed by atoms with Gasteiger partial charge >= 0.3 is 6.09 Å². The van der Waals surface area contributed by atoms with E-state index < -0.39 is 6.09 Å². The minimum atomic E-state index is -0.523. The summed E-state index contributed by atoms with van der Waals surface area (Å²) >= 11 is 0. The van der Waals surface area contributed by atoms with E-state index in [-0.39, 0.29) is 17.9 Å². The summed E-state index contributed by atoms with van der Waals surface area (Å²) in [5.74, 6) is 0.0771. The highest BCUT2D eigenvalue weighted by Crippen LogP contribution is 2.24. The summed E-state index contributed by atoms with van der Waals surface area (Å²) in [4.78, 5) is 23.2. The number of anilines is 2. The molecule has 2 rings (SSSR count). The van der Waals surface area contributed by atoms with Crippen LogP contribution >= 0.6 is 0 Å². The number of rotatable bonds is 3. The molecular weight excluding hydrogens is 270 g/mol. The summed E-state index contributed by atoms with van der Waals surface area (Å²) in [5.41, 5.74) is 7.17. The fourth-order valence-electron chi connectivity index (χ4n) is 2.43. The van der Waals surface area contributed by atoms with Crippen LogP contribution in [0.2, 0.25) is 0 Å². The molecule has 1 saturated carbocycles. The van der Waals surface area contributed by atoms with Gasteiger partial charge < -0.3 is 15.8 Å². The van der Waals surface area contributed by atoms with Crippen LogP contribution in [0.4, 0.5) is 16.2 Å². The molecule has 1 aromatic carbocycles. The van der Waals surface area contributed by atoms with E-state index in [0.29, 0.717) is 11.4 Å². The quantitative estimate of drug-likeness (QED) is 0.796. The van der Waals surface area contributed by atoms with Crippen molar-refractivity contribution < 1.29 is 14.3 Å². The lowest BCUT2D eigenvalue weighted by molar-refractivity contribution is -0.120. The first-order valence-corrected chi connectivity index (χ1v) is 7.10. The summed E-state index contributed by atoms with van der Waals surface area (Å²) < 4.78 is 4.51. The van der Waals surface area contributed by atoms with Crippen LogP contribution in [0.1, 0.15) is 25.7 Å². The van der Waals surface area contributed by atoms with Gasteiger partial charge in [0.2, 0.25) is 5.91 Å². The SMILES string of the molecule is COC(=O)Nc1ccc(NC(=O)C2CCC(N)CC2)cc1. The number of methoxy groups -OCH3 is 1. The Morgan fingerprint density at radius 2 is 1.57 bits per heavy atom. The Morgan fingerprint density at radius 3 is 2.10 bits per heavy atom. The van der Waals surface area contributed by atoms with Crippen molar-refractivity contribution in [3.63, 3.8) is 0 Å². The lowest BCUT2D eigenvalue weighted by atomic mass is 9.86. The molecule has 1 aliphatic carbocycles. The normalized spacial score (nSPS) is 21.4. The molecule has 0 bridgehead atoms. The molecule has 0 aliphatic heterocycles. The van der Waals surface area contributed by atoms with Crippen molar-refractivity contribution in [2.75, 3.05) is 17.7 Å². The van der Waals surface area contributed by atoms with Crippen LogP contribution in [0.25, 0.3) is 0 Å². The van der Waals surface area contributed by atoms with Gasteiger partial charge in [0.05, 0.1) is 7.11 Å². The highest BCUT2D eigenvalue weighted by Gasteiger charge is 2.24. The van der Waals surface area contributed by atoms with Crippen LogP contribution in [-0.4, -0.2) is 25.2 Å². The second-order valence-corrected chi connectivity index (χ2v) is 5.29. The van der Waals surface area contributed by atoms with Crippen LogP contribution in [-0.2, 0) is 9.53 Å². The monoisotopic (exact) mass is 291 g/mol. The summed E-state index contributed by atoms with van der Waals surface area (Å²) in [6, 6.07) is 7.15. The van der Waals surface area contributed by atoms with E-state index in [9.17, 15) is 9.59 Å². The Balaban J connectivity index is 1.88. The molecule has 0 saturated heterocycles. The van der Waals surface area contributed by atoms with Gasteiger partial charge in [-0.2, -0.15) is 0 Å². The molecule has 0 atom stereocenters. The number of hydrogen-bond acceptors (Lipinski definition) is 4. The molecule has 114 valence electrons. The molecule has 2 amide bonds. The van der Waals surface area contributed by atoms with E-state index in [1.165, 1.54) is 7.11 Å². The number of carbonyl (C=O) groups excluding carboxylic acids is 2. The molecular formula is C15H21N3O3. The first-order chi connectivity index (χ1) is 10.1. The van der Waals surface area contributed by atoms with Crippen molar-refractivity contribution >= 4 is 23.4 Å². The maximum Gasteiger partial charge on any atom is 0.411 e. The highest BCUT2D eigenvalue weighted by molar-refractivity contribution is 5.93. The summed E-state index contributed by atoms with van der Waals surface area (Å²) in [5, 5.41) is 5.45. The average molecular weight is 291 g/mol. The third kappa shape index (κ3) is 4.46. The van der Waals surface area contributed by atoms with Gasteiger partial charge in [-0.3, -0.25) is 10.1 Å². The van der Waals surface area contributed by atoms with Crippen molar-refractivity contribution in [2.24, 2.45) is 11.7 Å². The Kier molecular flexibility index (Phi) is 5.16. The molecule has 1 aliphatic rings. The number of hydrogen-bond donors (Lipinski definition) is 3. The van der Waals surface area contributed by atoms with Gasteiger partial charge in [0.15, 0.2) is 0 Å². The van der Waals surface area contributed by atoms with Crippen molar-refractivity contribution in [3.05, 3.63) is 24.3 Å². The lowest BCUT2D eigenvalue weighted by Gasteiger charge is -2.25. The second kappa shape index (κ2) is 7.08. The maximum atomic E-state index is 12.1. The second-order valence-electron chi connectivity index (χ2n) is 5.29. The number of nitrogens with two attached hydrogens (primary N) is 1. The Labute approximate surface area is 124 Å². The van der Waals surface area contributed by atoms with Crippen molar-refractivity contribution in [3.8, 4) is 0 Å². The van der Waals surface area contributed by atoms with Gasteiger partial charge in [-0.05, 0) is 49.9 Å². The average Bonchev–Trinajstić information content (AvgIpc) is 2.49. The van der Waals surface area contributed by atoms with Gasteiger partial charge in [0.1, 0.15) is 0 Å². The van der Waals surface area contributed by atoms with Gasteiger partial charge in [-0.25, -0.2) is 4.79 Å². The Hall–Kier alpha value is -2.08. The molecule has 0 unspecified atom stereocenters. The smallest absolute Gasteiger partial charge is 0.411 e. The van der Waals surface area contributed by atoms with E-state index in [4.69, 9.17) is 5.73 Å². The Bertz CT molecular complexity index is 493. The molecule has 6 nitrogen and oxygen atoms in total. The van der Waals surface area contributed by atoms with Gasteiger partial charge in [0, 0.05) is 23.3 Å². The molecule has 21 heavy (non-hydrogen) atoms. The van der Waals surface area contributed by atoms with E-state index in [1.54, 1.807) is 24.3 Å². The Morgan fingerprint density at radius 1 is 1.05 bits per heavy atom. The van der Waals surface area contributed by atoms with E-state index in [0.717, 1.165) is 25.7 Å². The predicted octanol–water partition coefficient (Wildman–Crippen LogP) is 2.32. The van der Waals surface area contributed by atoms with Crippen LogP contribution in [0.15, 0.2) is 24.3 Å². The molecule has 6 heteroatoms. The maximum absolute atomic E-state index is 12.1. The van der Waals surface area contributed by atoms with Crippen LogP contribution in [0, 0.1) is 5.92 Å². The number of ether oxygens (including phenoxy) is 1. The van der Waals surface area contributed by atoms with Crippen LogP contribution < -0.4 is 16.4 Å². The molecule has 1 fully saturated rings. The number of amides is 2. The molecule has 4 N–H and O–H groups in total. The molecule has 1 aromatic rings. The largest absolute Gasteiger partial charge is 0.453 e. The van der Waals surface area contributed by atoms with E-state index in [2.05, 4.69) is 15.4 Å². The van der Waals surface area contributed by atoms with Crippen molar-refractivity contribution in [2.45, 2.75) is 31.7 Å². The topological polar surface area (TPSA) is 93.5 Å². The van der Waals surface area contributed by atoms with Gasteiger partial charge in [-0.15, -0.1) is 0 Å². The highest BCUT2D eigenvalue weighted by atomic mass is 16.5. The van der Waals surface area contributed by atoms with Crippen LogP contribution in [0.5, 0.6) is 0 Å². The first kappa shape index (κ1) is 15.3. The lowest BCUT2D eigenvalue weighted by Crippen LogP contribution is -2.32. The van der Waals surface area contributed by atoms with E-state index in [1.807, 2.05) is 0 Å². The van der Waals surface area contributed by atoms with E-state index >= 15 is 0 Å². The third-order valence-electron chi connectivity index (χ3n) is 3.73. The zero-order chi connectivity index (χ0) is 15.2. The first-order valence-electron chi connectivity index (χ1n) is 7.10. The predicted molar refractivity (Wildman–Crippen MR) is 81.0 cm³/mol. The third-order valence-corrected chi connectivity index (χ3v) is 3.73. The van der Waals surface area contributed by atoms with Crippen molar-refractivity contribution in [1.29, 1.82) is 0 Å². The number of carbonyl (C=O) groups is 2. The molecule has 0 radical (unpaired) electrons. The molecule has 0 aromatic heterocycles. The minimum Gasteiger partial charge on any atom is -0.453 e. The zero-order valence-corrected chi connectivity index (χ0v) is 12.1. The number of benzene rings is 1. The fraction of sp³-hybridized carbons (Fsp3) is 0.467. The standard InChI is InChI=1S/C15H21N3O3/c1-21-15(20)18-13-8-6-12(7-9-13)17-14(19)10-2-4-11(16)5-3-10/h6-11H,2-5,16H2,1H3,(H,17,19)(H,18,20). The number of nitrogens with one attached hydrogen (secondary N) is 2. The molecule has 0 heterocycles. The van der Waals surface area contributed by atoms with Gasteiger partial charge in [0.25, 0.3) is 0 Å². The molecule has 0 spiro atoms. The summed E-state index contributed by atoms with van der Waals surface area (Å²) in [6.07, 6.45) is 2.97. The van der Waals surface area contributed by atoms with Crippen molar-refractivity contribution in [1.82, 2.24) is 0 Å². The summed E-state index contributed by atoms with van der Waals surface area (Å²) in [6.45, 7) is 0. The van der Waals surface area contributed by atoms with Gasteiger partial charge in [-0.1, -0.05) is 0 Å². The minimum absolute atomic E-state index is 0.0376. The fourth-order valence-corrected chi connectivity index (χ4v) is 2.43. The van der Waals surface area contributed by atoms with Crippen LogP contribution in [0.3, 0.4) is 0 Å².